The van der Waals surface area contributed by atoms with E-state index in [2.05, 4.69) is 42.0 Å². The Morgan fingerprint density at radius 2 is 1.71 bits per heavy atom. The van der Waals surface area contributed by atoms with Gasteiger partial charge < -0.3 is 9.42 Å². The zero-order valence-corrected chi connectivity index (χ0v) is 24.5. The van der Waals surface area contributed by atoms with Crippen molar-refractivity contribution in [2.45, 2.75) is 108 Å². The van der Waals surface area contributed by atoms with Crippen molar-refractivity contribution >= 4 is 11.6 Å². The molecule has 0 atom stereocenters. The monoisotopic (exact) mass is 557 g/mol. The molecule has 0 aliphatic heterocycles. The second-order valence-electron chi connectivity index (χ2n) is 14.0. The summed E-state index contributed by atoms with van der Waals surface area (Å²) >= 11 is 0. The fourth-order valence-corrected chi connectivity index (χ4v) is 8.13. The normalized spacial score (nSPS) is 31.5. The van der Waals surface area contributed by atoms with E-state index in [9.17, 15) is 9.18 Å². The topological polar surface area (TPSA) is 85.0 Å². The highest BCUT2D eigenvalue weighted by Crippen LogP contribution is 2.71. The van der Waals surface area contributed by atoms with Crippen LogP contribution in [0.25, 0.3) is 11.4 Å². The molecule has 6 saturated carbocycles. The number of halogens is 1. The van der Waals surface area contributed by atoms with Crippen molar-refractivity contribution < 1.29 is 13.7 Å². The lowest BCUT2D eigenvalue weighted by Crippen LogP contribution is -2.65. The Morgan fingerprint density at radius 3 is 2.29 bits per heavy atom. The van der Waals surface area contributed by atoms with Crippen LogP contribution < -0.4 is 4.90 Å². The van der Waals surface area contributed by atoms with Crippen molar-refractivity contribution in [2.24, 2.45) is 10.8 Å². The first-order chi connectivity index (χ1) is 19.6. The maximum atomic E-state index is 14.3. The molecule has 41 heavy (non-hydrogen) atoms. The molecule has 6 aliphatic rings. The lowest BCUT2D eigenvalue weighted by Gasteiger charge is -2.66. The lowest BCUT2D eigenvalue weighted by atomic mass is 9.41. The van der Waals surface area contributed by atoms with Gasteiger partial charge in [-0.05, 0) is 92.7 Å². The first kappa shape index (κ1) is 26.7. The largest absolute Gasteiger partial charge is 0.339 e. The van der Waals surface area contributed by atoms with Gasteiger partial charge in [0.25, 0.3) is 0 Å². The zero-order chi connectivity index (χ0) is 28.5. The van der Waals surface area contributed by atoms with Crippen LogP contribution in [0.2, 0.25) is 0 Å². The Hall–Kier alpha value is -3.16. The van der Waals surface area contributed by atoms with Gasteiger partial charge in [-0.3, -0.25) is 4.79 Å². The molecule has 0 spiro atoms. The molecule has 2 heterocycles. The molecule has 0 radical (unpaired) electrons. The molecule has 4 bridgehead atoms. The number of hydrogen-bond acceptors (Lipinski definition) is 6. The highest BCUT2D eigenvalue weighted by Gasteiger charge is 2.69. The molecule has 8 heteroatoms. The SMILES string of the molecule is CCc1cnc(-c2cccc(N(CC34CCC(c5nc(C(C)C)no5)(CC3)CC4)C(=O)CC34CC(F)(C3)C4)c2)nc1. The average molecular weight is 558 g/mol. The molecule has 7 nitrogen and oxygen atoms in total. The van der Waals surface area contributed by atoms with E-state index in [1.54, 1.807) is 0 Å². The summed E-state index contributed by atoms with van der Waals surface area (Å²) in [7, 11) is 0. The van der Waals surface area contributed by atoms with Crippen molar-refractivity contribution in [1.82, 2.24) is 20.1 Å². The van der Waals surface area contributed by atoms with Gasteiger partial charge >= 0.3 is 0 Å². The molecule has 9 rings (SSSR count). The summed E-state index contributed by atoms with van der Waals surface area (Å²) in [6, 6.07) is 8.08. The number of aryl methyl sites for hydroxylation is 1. The number of nitrogens with zero attached hydrogens (tertiary/aromatic N) is 5. The van der Waals surface area contributed by atoms with Crippen LogP contribution in [0.5, 0.6) is 0 Å². The van der Waals surface area contributed by atoms with Gasteiger partial charge in [-0.2, -0.15) is 4.98 Å². The zero-order valence-electron chi connectivity index (χ0n) is 24.5. The number of rotatable bonds is 9. The van der Waals surface area contributed by atoms with Crippen LogP contribution in [0.3, 0.4) is 0 Å². The Morgan fingerprint density at radius 1 is 1.02 bits per heavy atom. The standard InChI is InChI=1S/C33H40FN5O2/c1-4-23-16-35-28(36-17-23)24-6-5-7-25(14-24)39(26(40)15-31-18-33(34,19-31)20-31)21-30-8-11-32(12-9-30,13-10-30)29-37-27(22(2)3)38-41-29/h5-7,14,16-17,22H,4,8-13,15,18-21H2,1-3H3. The van der Waals surface area contributed by atoms with E-state index in [4.69, 9.17) is 9.51 Å². The third-order valence-corrected chi connectivity index (χ3v) is 10.7. The first-order valence-corrected chi connectivity index (χ1v) is 15.4. The Labute approximate surface area is 241 Å². The number of aromatic nitrogens is 4. The fraction of sp³-hybridized carbons (Fsp3) is 0.606. The Bertz CT molecular complexity index is 1420. The van der Waals surface area contributed by atoms with Gasteiger partial charge in [0.1, 0.15) is 5.67 Å². The van der Waals surface area contributed by atoms with Gasteiger partial charge in [-0.25, -0.2) is 14.4 Å². The van der Waals surface area contributed by atoms with Gasteiger partial charge in [0.2, 0.25) is 11.8 Å². The highest BCUT2D eigenvalue weighted by atomic mass is 19.1. The lowest BCUT2D eigenvalue weighted by molar-refractivity contribution is -0.215. The van der Waals surface area contributed by atoms with Crippen LogP contribution in [0.15, 0.2) is 41.2 Å². The van der Waals surface area contributed by atoms with Crippen molar-refractivity contribution in [3.8, 4) is 11.4 Å². The minimum Gasteiger partial charge on any atom is -0.339 e. The number of anilines is 1. The van der Waals surface area contributed by atoms with Gasteiger partial charge in [0.05, 0.1) is 0 Å². The van der Waals surface area contributed by atoms with Crippen LogP contribution in [0, 0.1) is 10.8 Å². The second kappa shape index (κ2) is 9.43. The van der Waals surface area contributed by atoms with Crippen LogP contribution in [0.1, 0.15) is 108 Å². The number of hydrogen-bond donors (Lipinski definition) is 0. The van der Waals surface area contributed by atoms with Gasteiger partial charge in [0, 0.05) is 47.9 Å². The summed E-state index contributed by atoms with van der Waals surface area (Å²) in [5.74, 6) is 2.60. The van der Waals surface area contributed by atoms with E-state index in [0.717, 1.165) is 73.5 Å². The predicted octanol–water partition coefficient (Wildman–Crippen LogP) is 7.12. The third-order valence-electron chi connectivity index (χ3n) is 10.7. The molecule has 1 aromatic carbocycles. The molecule has 0 N–H and O–H groups in total. The van der Waals surface area contributed by atoms with E-state index in [1.165, 1.54) is 0 Å². The maximum absolute atomic E-state index is 14.3. The second-order valence-corrected chi connectivity index (χ2v) is 14.0. The Balaban J connectivity index is 1.14. The van der Waals surface area contributed by atoms with Crippen molar-refractivity contribution in [2.75, 3.05) is 11.4 Å². The number of amides is 1. The predicted molar refractivity (Wildman–Crippen MR) is 154 cm³/mol. The summed E-state index contributed by atoms with van der Waals surface area (Å²) < 4.78 is 20.1. The molecule has 2 aromatic heterocycles. The fourth-order valence-electron chi connectivity index (χ4n) is 8.13. The molecule has 0 saturated heterocycles. The summed E-state index contributed by atoms with van der Waals surface area (Å²) in [5, 5.41) is 4.25. The van der Waals surface area contributed by atoms with Crippen LogP contribution in [-0.2, 0) is 16.6 Å². The van der Waals surface area contributed by atoms with Gasteiger partial charge in [-0.15, -0.1) is 0 Å². The van der Waals surface area contributed by atoms with E-state index >= 15 is 0 Å². The van der Waals surface area contributed by atoms with E-state index in [1.807, 2.05) is 35.5 Å². The number of carbonyl (C=O) groups is 1. The minimum atomic E-state index is -1.01. The molecule has 6 aliphatic carbocycles. The minimum absolute atomic E-state index is 0.0418. The number of benzene rings is 1. The summed E-state index contributed by atoms with van der Waals surface area (Å²) in [4.78, 5) is 30.0. The van der Waals surface area contributed by atoms with E-state index < -0.39 is 5.67 Å². The number of alkyl halides is 1. The number of carbonyl (C=O) groups excluding carboxylic acids is 1. The van der Waals surface area contributed by atoms with Gasteiger partial charge in [0.15, 0.2) is 11.6 Å². The molecule has 0 unspecified atom stereocenters. The average Bonchev–Trinajstić information content (AvgIpc) is 3.48. The van der Waals surface area contributed by atoms with Gasteiger partial charge in [-0.1, -0.05) is 38.1 Å². The smallest absolute Gasteiger partial charge is 0.232 e. The molecular weight excluding hydrogens is 517 g/mol. The quantitative estimate of drug-likeness (QED) is 0.278. The maximum Gasteiger partial charge on any atom is 0.232 e. The van der Waals surface area contributed by atoms with Crippen LogP contribution in [-0.4, -0.2) is 38.2 Å². The number of fused-ring (bicyclic) bond motifs is 3. The van der Waals surface area contributed by atoms with Crippen LogP contribution >= 0.6 is 0 Å². The van der Waals surface area contributed by atoms with Crippen molar-refractivity contribution in [3.63, 3.8) is 0 Å². The summed E-state index contributed by atoms with van der Waals surface area (Å²) in [5.41, 5.74) is 1.74. The van der Waals surface area contributed by atoms with E-state index in [0.29, 0.717) is 38.1 Å². The Kier molecular flexibility index (Phi) is 6.15. The third kappa shape index (κ3) is 4.58. The molecular formula is C33H40FN5O2. The summed E-state index contributed by atoms with van der Waals surface area (Å²) in [6.45, 7) is 6.95. The highest BCUT2D eigenvalue weighted by molar-refractivity contribution is 5.94. The molecule has 6 fully saturated rings. The van der Waals surface area contributed by atoms with E-state index in [-0.39, 0.29) is 28.1 Å². The summed E-state index contributed by atoms with van der Waals surface area (Å²) in [6.07, 6.45) is 12.7. The van der Waals surface area contributed by atoms with Crippen LogP contribution in [0.4, 0.5) is 10.1 Å². The molecule has 3 aromatic rings. The van der Waals surface area contributed by atoms with Crippen molar-refractivity contribution in [3.05, 3.63) is 53.9 Å². The van der Waals surface area contributed by atoms with Crippen molar-refractivity contribution in [1.29, 1.82) is 0 Å². The first-order valence-electron chi connectivity index (χ1n) is 15.4. The molecule has 216 valence electrons. The molecule has 1 amide bonds.